The predicted molar refractivity (Wildman–Crippen MR) is 114 cm³/mol. The van der Waals surface area contributed by atoms with Crippen LogP contribution in [-0.2, 0) is 0 Å². The number of likely N-dealkylation sites (tertiary alicyclic amines) is 1. The van der Waals surface area contributed by atoms with Gasteiger partial charge in [0, 0.05) is 42.9 Å². The Bertz CT molecular complexity index is 890. The van der Waals surface area contributed by atoms with Crippen LogP contribution in [0.3, 0.4) is 0 Å². The molecule has 1 fully saturated rings. The zero-order valence-corrected chi connectivity index (χ0v) is 16.5. The van der Waals surface area contributed by atoms with Gasteiger partial charge in [0.05, 0.1) is 5.69 Å². The molecule has 144 valence electrons. The molecule has 28 heavy (non-hydrogen) atoms. The summed E-state index contributed by atoms with van der Waals surface area (Å²) in [5.41, 5.74) is 4.31. The van der Waals surface area contributed by atoms with Crippen LogP contribution in [-0.4, -0.2) is 46.0 Å². The molecule has 0 saturated carbocycles. The molecule has 1 saturated heterocycles. The van der Waals surface area contributed by atoms with E-state index in [1.54, 1.807) is 6.20 Å². The van der Waals surface area contributed by atoms with Gasteiger partial charge in [0.25, 0.3) is 0 Å². The van der Waals surface area contributed by atoms with Crippen molar-refractivity contribution in [2.45, 2.75) is 26.2 Å². The van der Waals surface area contributed by atoms with Crippen molar-refractivity contribution < 1.29 is 0 Å². The number of pyridine rings is 1. The van der Waals surface area contributed by atoms with Crippen LogP contribution in [0, 0.1) is 6.92 Å². The highest BCUT2D eigenvalue weighted by Gasteiger charge is 2.18. The standard InChI is InChI=1S/C23H27N5/c1-19-8-3-4-10-22(19)28(17-16-27-14-5-2-6-15-27)23-25-13-11-21(26-23)20-9-7-12-24-18-20/h3-4,7-13,18H,2,5-6,14-17H2,1H3. The second-order valence-corrected chi connectivity index (χ2v) is 7.32. The van der Waals surface area contributed by atoms with Crippen LogP contribution in [0.15, 0.2) is 61.1 Å². The number of para-hydroxylation sites is 1. The number of piperidine rings is 1. The first-order valence-corrected chi connectivity index (χ1v) is 10.1. The maximum atomic E-state index is 4.88. The number of rotatable bonds is 6. The van der Waals surface area contributed by atoms with Crippen LogP contribution in [0.5, 0.6) is 0 Å². The molecule has 5 heteroatoms. The zero-order valence-electron chi connectivity index (χ0n) is 16.5. The summed E-state index contributed by atoms with van der Waals surface area (Å²) < 4.78 is 0. The number of hydrogen-bond acceptors (Lipinski definition) is 5. The van der Waals surface area contributed by atoms with Gasteiger partial charge in [-0.15, -0.1) is 0 Å². The van der Waals surface area contributed by atoms with Crippen LogP contribution < -0.4 is 4.90 Å². The summed E-state index contributed by atoms with van der Waals surface area (Å²) >= 11 is 0. The third-order valence-corrected chi connectivity index (χ3v) is 5.34. The lowest BCUT2D eigenvalue weighted by molar-refractivity contribution is 0.234. The minimum Gasteiger partial charge on any atom is -0.309 e. The fourth-order valence-corrected chi connectivity index (χ4v) is 3.77. The molecule has 0 bridgehead atoms. The summed E-state index contributed by atoms with van der Waals surface area (Å²) in [6, 6.07) is 14.4. The van der Waals surface area contributed by atoms with Crippen molar-refractivity contribution >= 4 is 11.6 Å². The lowest BCUT2D eigenvalue weighted by Gasteiger charge is -2.31. The first-order valence-electron chi connectivity index (χ1n) is 10.1. The second-order valence-electron chi connectivity index (χ2n) is 7.32. The molecule has 0 radical (unpaired) electrons. The highest BCUT2D eigenvalue weighted by atomic mass is 15.3. The van der Waals surface area contributed by atoms with Crippen molar-refractivity contribution in [2.75, 3.05) is 31.1 Å². The van der Waals surface area contributed by atoms with Crippen LogP contribution in [0.25, 0.3) is 11.3 Å². The van der Waals surface area contributed by atoms with E-state index >= 15 is 0 Å². The monoisotopic (exact) mass is 373 g/mol. The Kier molecular flexibility index (Phi) is 5.92. The van der Waals surface area contributed by atoms with E-state index in [1.165, 1.54) is 43.6 Å². The van der Waals surface area contributed by atoms with Gasteiger partial charge in [-0.3, -0.25) is 4.98 Å². The molecular formula is C23H27N5. The first kappa shape index (κ1) is 18.6. The molecule has 0 amide bonds. The topological polar surface area (TPSA) is 45.2 Å². The molecule has 0 spiro atoms. The molecule has 2 aromatic heterocycles. The van der Waals surface area contributed by atoms with Crippen molar-refractivity contribution in [2.24, 2.45) is 0 Å². The van der Waals surface area contributed by atoms with E-state index in [9.17, 15) is 0 Å². The van der Waals surface area contributed by atoms with Crippen molar-refractivity contribution in [3.05, 3.63) is 66.6 Å². The largest absolute Gasteiger partial charge is 0.309 e. The van der Waals surface area contributed by atoms with E-state index in [2.05, 4.69) is 51.0 Å². The van der Waals surface area contributed by atoms with Crippen LogP contribution in [0.4, 0.5) is 11.6 Å². The predicted octanol–water partition coefficient (Wildman–Crippen LogP) is 4.47. The average Bonchev–Trinajstić information content (AvgIpc) is 2.77. The SMILES string of the molecule is Cc1ccccc1N(CCN1CCCCC1)c1nccc(-c2cccnc2)n1. The summed E-state index contributed by atoms with van der Waals surface area (Å²) in [7, 11) is 0. The van der Waals surface area contributed by atoms with Gasteiger partial charge in [0.15, 0.2) is 0 Å². The Morgan fingerprint density at radius 3 is 2.61 bits per heavy atom. The summed E-state index contributed by atoms with van der Waals surface area (Å²) in [4.78, 5) is 18.5. The highest BCUT2D eigenvalue weighted by molar-refractivity contribution is 5.64. The van der Waals surface area contributed by atoms with Crippen molar-refractivity contribution in [3.8, 4) is 11.3 Å². The van der Waals surface area contributed by atoms with Crippen LogP contribution in [0.1, 0.15) is 24.8 Å². The van der Waals surface area contributed by atoms with Crippen molar-refractivity contribution in [1.29, 1.82) is 0 Å². The quantitative estimate of drug-likeness (QED) is 0.638. The third-order valence-electron chi connectivity index (χ3n) is 5.34. The van der Waals surface area contributed by atoms with E-state index in [1.807, 2.05) is 30.6 Å². The normalized spacial score (nSPS) is 14.8. The van der Waals surface area contributed by atoms with Crippen molar-refractivity contribution in [1.82, 2.24) is 19.9 Å². The molecule has 5 nitrogen and oxygen atoms in total. The lowest BCUT2D eigenvalue weighted by atomic mass is 10.1. The number of aryl methyl sites for hydroxylation is 1. The van der Waals surface area contributed by atoms with Gasteiger partial charge in [-0.25, -0.2) is 9.97 Å². The third kappa shape index (κ3) is 4.37. The summed E-state index contributed by atoms with van der Waals surface area (Å²) in [6.45, 7) is 6.43. The molecule has 1 aliphatic heterocycles. The van der Waals surface area contributed by atoms with E-state index < -0.39 is 0 Å². The number of aromatic nitrogens is 3. The molecule has 3 aromatic rings. The summed E-state index contributed by atoms with van der Waals surface area (Å²) in [5, 5.41) is 0. The molecule has 1 aromatic carbocycles. The van der Waals surface area contributed by atoms with Crippen LogP contribution in [0.2, 0.25) is 0 Å². The average molecular weight is 374 g/mol. The fourth-order valence-electron chi connectivity index (χ4n) is 3.77. The minimum absolute atomic E-state index is 0.743. The van der Waals surface area contributed by atoms with Gasteiger partial charge in [-0.2, -0.15) is 0 Å². The van der Waals surface area contributed by atoms with E-state index in [0.717, 1.165) is 30.3 Å². The molecule has 0 aliphatic carbocycles. The number of benzene rings is 1. The summed E-state index contributed by atoms with van der Waals surface area (Å²) in [5.74, 6) is 0.743. The zero-order chi connectivity index (χ0) is 19.2. The Labute approximate surface area is 167 Å². The first-order chi connectivity index (χ1) is 13.8. The Morgan fingerprint density at radius 2 is 1.82 bits per heavy atom. The molecule has 0 unspecified atom stereocenters. The smallest absolute Gasteiger partial charge is 0.230 e. The molecular weight excluding hydrogens is 346 g/mol. The molecule has 0 N–H and O–H groups in total. The van der Waals surface area contributed by atoms with Gasteiger partial charge in [0.2, 0.25) is 5.95 Å². The molecule has 4 rings (SSSR count). The Hall–Kier alpha value is -2.79. The van der Waals surface area contributed by atoms with Gasteiger partial charge >= 0.3 is 0 Å². The molecule has 0 atom stereocenters. The lowest BCUT2D eigenvalue weighted by Crippen LogP contribution is -2.37. The Balaban J connectivity index is 1.64. The van der Waals surface area contributed by atoms with Crippen LogP contribution >= 0.6 is 0 Å². The highest BCUT2D eigenvalue weighted by Crippen LogP contribution is 2.27. The Morgan fingerprint density at radius 1 is 0.964 bits per heavy atom. The maximum Gasteiger partial charge on any atom is 0.230 e. The van der Waals surface area contributed by atoms with Gasteiger partial charge in [-0.05, 0) is 62.7 Å². The number of nitrogens with zero attached hydrogens (tertiary/aromatic N) is 5. The van der Waals surface area contributed by atoms with E-state index in [-0.39, 0.29) is 0 Å². The van der Waals surface area contributed by atoms with E-state index in [0.29, 0.717) is 0 Å². The number of hydrogen-bond donors (Lipinski definition) is 0. The van der Waals surface area contributed by atoms with Gasteiger partial charge in [-0.1, -0.05) is 24.6 Å². The number of anilines is 2. The van der Waals surface area contributed by atoms with Gasteiger partial charge in [0.1, 0.15) is 0 Å². The second kappa shape index (κ2) is 8.93. The van der Waals surface area contributed by atoms with E-state index in [4.69, 9.17) is 4.98 Å². The van der Waals surface area contributed by atoms with Gasteiger partial charge < -0.3 is 9.80 Å². The van der Waals surface area contributed by atoms with Crippen molar-refractivity contribution in [3.63, 3.8) is 0 Å². The fraction of sp³-hybridized carbons (Fsp3) is 0.348. The summed E-state index contributed by atoms with van der Waals surface area (Å²) in [6.07, 6.45) is 9.43. The minimum atomic E-state index is 0.743. The maximum absolute atomic E-state index is 4.88. The molecule has 1 aliphatic rings. The molecule has 3 heterocycles.